The molecule has 20 heavy (non-hydrogen) atoms. The van der Waals surface area contributed by atoms with Crippen molar-refractivity contribution in [2.45, 2.75) is 51.4 Å². The first-order chi connectivity index (χ1) is 9.64. The van der Waals surface area contributed by atoms with Crippen molar-refractivity contribution < 1.29 is 14.7 Å². The number of nitrogens with zero attached hydrogens (tertiary/aromatic N) is 1. The Morgan fingerprint density at radius 1 is 1.00 bits per heavy atom. The van der Waals surface area contributed by atoms with Gasteiger partial charge in [-0.3, -0.25) is 9.59 Å². The van der Waals surface area contributed by atoms with Crippen molar-refractivity contribution in [3.63, 3.8) is 0 Å². The first-order valence-electron chi connectivity index (χ1n) is 7.73. The van der Waals surface area contributed by atoms with E-state index < -0.39 is 11.4 Å². The van der Waals surface area contributed by atoms with Crippen LogP contribution in [0.3, 0.4) is 0 Å². The SMILES string of the molecule is O=C(CC1(C(=O)O)CCCCCC1)N1CCCSCC1. The van der Waals surface area contributed by atoms with E-state index >= 15 is 0 Å². The van der Waals surface area contributed by atoms with E-state index in [-0.39, 0.29) is 12.3 Å². The van der Waals surface area contributed by atoms with E-state index in [0.29, 0.717) is 12.8 Å². The molecule has 1 aliphatic carbocycles. The lowest BCUT2D eigenvalue weighted by Crippen LogP contribution is -2.40. The van der Waals surface area contributed by atoms with E-state index in [1.807, 2.05) is 16.7 Å². The van der Waals surface area contributed by atoms with E-state index in [1.54, 1.807) is 0 Å². The monoisotopic (exact) mass is 299 g/mol. The molecule has 114 valence electrons. The smallest absolute Gasteiger partial charge is 0.310 e. The summed E-state index contributed by atoms with van der Waals surface area (Å²) in [4.78, 5) is 26.1. The molecule has 0 atom stereocenters. The Balaban J connectivity index is 2.02. The van der Waals surface area contributed by atoms with Gasteiger partial charge in [-0.05, 0) is 25.0 Å². The normalized spacial score (nSPS) is 23.7. The van der Waals surface area contributed by atoms with Crippen molar-refractivity contribution in [1.29, 1.82) is 0 Å². The lowest BCUT2D eigenvalue weighted by atomic mass is 9.77. The van der Waals surface area contributed by atoms with Crippen molar-refractivity contribution in [3.05, 3.63) is 0 Å². The first kappa shape index (κ1) is 15.7. The van der Waals surface area contributed by atoms with Gasteiger partial charge in [-0.2, -0.15) is 11.8 Å². The molecule has 0 aromatic rings. The third-order valence-electron chi connectivity index (χ3n) is 4.58. The minimum Gasteiger partial charge on any atom is -0.481 e. The third-order valence-corrected chi connectivity index (χ3v) is 5.63. The maximum Gasteiger partial charge on any atom is 0.310 e. The molecule has 1 N–H and O–H groups in total. The van der Waals surface area contributed by atoms with Crippen molar-refractivity contribution in [3.8, 4) is 0 Å². The van der Waals surface area contributed by atoms with E-state index in [1.165, 1.54) is 0 Å². The molecular weight excluding hydrogens is 274 g/mol. The van der Waals surface area contributed by atoms with Crippen LogP contribution >= 0.6 is 11.8 Å². The molecular formula is C15H25NO3S. The van der Waals surface area contributed by atoms with Gasteiger partial charge in [0.1, 0.15) is 0 Å². The van der Waals surface area contributed by atoms with E-state index in [2.05, 4.69) is 0 Å². The Kier molecular flexibility index (Phi) is 5.75. The molecule has 2 fully saturated rings. The van der Waals surface area contributed by atoms with Crippen LogP contribution in [0.25, 0.3) is 0 Å². The standard InChI is InChI=1S/C15H25NO3S/c17-13(16-8-5-10-20-11-9-16)12-15(14(18)19)6-3-1-2-4-7-15/h1-12H2,(H,18,19). The maximum atomic E-state index is 12.5. The minimum atomic E-state index is -0.799. The Bertz CT molecular complexity index is 343. The number of thioether (sulfide) groups is 1. The number of hydrogen-bond donors (Lipinski definition) is 1. The van der Waals surface area contributed by atoms with Gasteiger partial charge in [0.05, 0.1) is 5.41 Å². The summed E-state index contributed by atoms with van der Waals surface area (Å²) in [6, 6.07) is 0. The number of carboxylic acids is 1. The average Bonchev–Trinajstić information content (AvgIpc) is 2.81. The second-order valence-corrected chi connectivity index (χ2v) is 7.25. The predicted octanol–water partition coefficient (Wildman–Crippen LogP) is 2.77. The van der Waals surface area contributed by atoms with Crippen molar-refractivity contribution >= 4 is 23.6 Å². The quantitative estimate of drug-likeness (QED) is 0.814. The van der Waals surface area contributed by atoms with Crippen LogP contribution in [0, 0.1) is 5.41 Å². The second kappa shape index (κ2) is 7.34. The van der Waals surface area contributed by atoms with Crippen molar-refractivity contribution in [1.82, 2.24) is 4.90 Å². The molecule has 0 bridgehead atoms. The summed E-state index contributed by atoms with van der Waals surface area (Å²) in [6.07, 6.45) is 6.63. The molecule has 1 saturated heterocycles. The average molecular weight is 299 g/mol. The van der Waals surface area contributed by atoms with Gasteiger partial charge in [0.2, 0.25) is 5.91 Å². The lowest BCUT2D eigenvalue weighted by molar-refractivity contribution is -0.154. The minimum absolute atomic E-state index is 0.0526. The number of carboxylic acid groups (broad SMARTS) is 1. The Morgan fingerprint density at radius 2 is 1.70 bits per heavy atom. The van der Waals surface area contributed by atoms with Gasteiger partial charge in [-0.15, -0.1) is 0 Å². The summed E-state index contributed by atoms with van der Waals surface area (Å²) < 4.78 is 0. The molecule has 0 radical (unpaired) electrons. The summed E-state index contributed by atoms with van der Waals surface area (Å²) in [5.74, 6) is 1.37. The largest absolute Gasteiger partial charge is 0.481 e. The summed E-state index contributed by atoms with van der Waals surface area (Å²) in [5, 5.41) is 9.64. The molecule has 2 aliphatic rings. The van der Waals surface area contributed by atoms with E-state index in [4.69, 9.17) is 0 Å². The highest BCUT2D eigenvalue weighted by atomic mass is 32.2. The fourth-order valence-corrected chi connectivity index (χ4v) is 4.16. The molecule has 1 heterocycles. The predicted molar refractivity (Wildman–Crippen MR) is 80.9 cm³/mol. The molecule has 0 aromatic heterocycles. The van der Waals surface area contributed by atoms with Crippen LogP contribution in [0.4, 0.5) is 0 Å². The molecule has 1 aliphatic heterocycles. The van der Waals surface area contributed by atoms with Gasteiger partial charge in [-0.25, -0.2) is 0 Å². The molecule has 2 rings (SSSR count). The highest BCUT2D eigenvalue weighted by Gasteiger charge is 2.41. The Morgan fingerprint density at radius 3 is 2.35 bits per heavy atom. The van der Waals surface area contributed by atoms with Crippen LogP contribution in [0.1, 0.15) is 51.4 Å². The highest BCUT2D eigenvalue weighted by molar-refractivity contribution is 7.99. The van der Waals surface area contributed by atoms with Crippen LogP contribution in [0.15, 0.2) is 0 Å². The van der Waals surface area contributed by atoms with E-state index in [0.717, 1.165) is 56.7 Å². The zero-order chi connectivity index (χ0) is 14.4. The van der Waals surface area contributed by atoms with Gasteiger partial charge < -0.3 is 10.0 Å². The van der Waals surface area contributed by atoms with Gasteiger partial charge >= 0.3 is 5.97 Å². The number of carbonyl (C=O) groups excluding carboxylic acids is 1. The molecule has 1 saturated carbocycles. The zero-order valence-electron chi connectivity index (χ0n) is 12.1. The lowest BCUT2D eigenvalue weighted by Gasteiger charge is -2.30. The number of aliphatic carboxylic acids is 1. The fourth-order valence-electron chi connectivity index (χ4n) is 3.27. The molecule has 4 nitrogen and oxygen atoms in total. The van der Waals surface area contributed by atoms with Crippen LogP contribution in [-0.2, 0) is 9.59 Å². The Labute approximate surface area is 125 Å². The summed E-state index contributed by atoms with van der Waals surface area (Å²) in [6.45, 7) is 1.57. The van der Waals surface area contributed by atoms with Gasteiger partial charge in [0.15, 0.2) is 0 Å². The number of rotatable bonds is 3. The molecule has 5 heteroatoms. The highest BCUT2D eigenvalue weighted by Crippen LogP contribution is 2.39. The van der Waals surface area contributed by atoms with Crippen LogP contribution in [0.5, 0.6) is 0 Å². The first-order valence-corrected chi connectivity index (χ1v) is 8.88. The van der Waals surface area contributed by atoms with Crippen LogP contribution in [-0.4, -0.2) is 46.5 Å². The zero-order valence-corrected chi connectivity index (χ0v) is 12.9. The second-order valence-electron chi connectivity index (χ2n) is 6.02. The summed E-state index contributed by atoms with van der Waals surface area (Å²) >= 11 is 1.88. The van der Waals surface area contributed by atoms with Crippen molar-refractivity contribution in [2.24, 2.45) is 5.41 Å². The molecule has 1 amide bonds. The van der Waals surface area contributed by atoms with Gasteiger partial charge in [0, 0.05) is 25.3 Å². The third kappa shape index (κ3) is 3.90. The molecule has 0 aromatic carbocycles. The van der Waals surface area contributed by atoms with Gasteiger partial charge in [0.25, 0.3) is 0 Å². The fraction of sp³-hybridized carbons (Fsp3) is 0.867. The van der Waals surface area contributed by atoms with Crippen LogP contribution in [0.2, 0.25) is 0 Å². The topological polar surface area (TPSA) is 57.6 Å². The summed E-state index contributed by atoms with van der Waals surface area (Å²) in [5.41, 5.74) is -0.799. The van der Waals surface area contributed by atoms with E-state index in [9.17, 15) is 14.7 Å². The summed E-state index contributed by atoms with van der Waals surface area (Å²) in [7, 11) is 0. The number of carbonyl (C=O) groups is 2. The Hall–Kier alpha value is -0.710. The van der Waals surface area contributed by atoms with Gasteiger partial charge in [-0.1, -0.05) is 25.7 Å². The molecule has 0 unspecified atom stereocenters. The van der Waals surface area contributed by atoms with Crippen LogP contribution < -0.4 is 0 Å². The number of hydrogen-bond acceptors (Lipinski definition) is 3. The number of amides is 1. The molecule has 0 spiro atoms. The maximum absolute atomic E-state index is 12.5. The van der Waals surface area contributed by atoms with Crippen molar-refractivity contribution in [2.75, 3.05) is 24.6 Å².